The lowest BCUT2D eigenvalue weighted by atomic mass is 10.1. The average Bonchev–Trinajstić information content (AvgIpc) is 2.98. The molecule has 0 aliphatic rings. The Morgan fingerprint density at radius 1 is 1.15 bits per heavy atom. The van der Waals surface area contributed by atoms with Crippen molar-refractivity contribution < 1.29 is 9.21 Å². The third-order valence-electron chi connectivity index (χ3n) is 3.26. The summed E-state index contributed by atoms with van der Waals surface area (Å²) in [6.07, 6.45) is 3.01. The second kappa shape index (κ2) is 6.28. The number of hydrogen-bond donors (Lipinski definition) is 0. The lowest BCUT2D eigenvalue weighted by molar-refractivity contribution is 0.0752. The summed E-state index contributed by atoms with van der Waals surface area (Å²) in [4.78, 5) is 16.1. The average molecular weight is 272 g/mol. The molecule has 0 radical (unpaired) electrons. The van der Waals surface area contributed by atoms with Crippen molar-refractivity contribution in [2.45, 2.75) is 13.5 Å². The Morgan fingerprint density at radius 2 is 1.85 bits per heavy atom. The van der Waals surface area contributed by atoms with Gasteiger partial charge in [-0.05, 0) is 30.7 Å². The van der Waals surface area contributed by atoms with Gasteiger partial charge in [-0.2, -0.15) is 0 Å². The number of amides is 1. The molecular weight excluding hydrogens is 252 g/mol. The molecule has 0 N–H and O–H groups in total. The van der Waals surface area contributed by atoms with Crippen molar-refractivity contribution in [1.82, 2.24) is 4.90 Å². The predicted molar refractivity (Wildman–Crippen MR) is 79.9 cm³/mol. The van der Waals surface area contributed by atoms with E-state index in [9.17, 15) is 4.79 Å². The van der Waals surface area contributed by atoms with Crippen molar-refractivity contribution >= 4 is 11.6 Å². The highest BCUT2D eigenvalue weighted by Crippen LogP contribution is 2.15. The van der Waals surface area contributed by atoms with Gasteiger partial charge in [-0.25, -0.2) is 0 Å². The Labute approximate surface area is 119 Å². The van der Waals surface area contributed by atoms with E-state index in [4.69, 9.17) is 4.42 Å². The van der Waals surface area contributed by atoms with E-state index in [1.54, 1.807) is 11.0 Å². The Bertz CT molecular complexity index is 544. The molecular formula is C16H20N2O2. The molecule has 20 heavy (non-hydrogen) atoms. The Morgan fingerprint density at radius 3 is 2.35 bits per heavy atom. The first kappa shape index (κ1) is 14.2. The van der Waals surface area contributed by atoms with E-state index < -0.39 is 0 Å². The van der Waals surface area contributed by atoms with Crippen LogP contribution < -0.4 is 4.90 Å². The molecule has 0 aliphatic carbocycles. The van der Waals surface area contributed by atoms with Crippen LogP contribution in [0, 0.1) is 0 Å². The standard InChI is InChI=1S/C16H20N2O2/c1-4-18(16(19)14-9-10-20-12-14)11-13-5-7-15(8-6-13)17(2)3/h5-10,12H,4,11H2,1-3H3. The maximum Gasteiger partial charge on any atom is 0.257 e. The van der Waals surface area contributed by atoms with Gasteiger partial charge in [-0.1, -0.05) is 12.1 Å². The monoisotopic (exact) mass is 272 g/mol. The first-order valence-electron chi connectivity index (χ1n) is 6.69. The molecule has 0 saturated carbocycles. The Hall–Kier alpha value is -2.23. The molecule has 4 nitrogen and oxygen atoms in total. The summed E-state index contributed by atoms with van der Waals surface area (Å²) in [6, 6.07) is 9.93. The molecule has 1 aromatic carbocycles. The summed E-state index contributed by atoms with van der Waals surface area (Å²) in [5.74, 6) is -0.00191. The molecule has 1 aromatic heterocycles. The number of anilines is 1. The fourth-order valence-electron chi connectivity index (χ4n) is 2.02. The predicted octanol–water partition coefficient (Wildman–Crippen LogP) is 3.01. The van der Waals surface area contributed by atoms with Crippen LogP contribution in [0.5, 0.6) is 0 Å². The van der Waals surface area contributed by atoms with E-state index in [0.717, 1.165) is 11.3 Å². The second-order valence-electron chi connectivity index (χ2n) is 4.89. The smallest absolute Gasteiger partial charge is 0.257 e. The summed E-state index contributed by atoms with van der Waals surface area (Å²) in [7, 11) is 4.02. The van der Waals surface area contributed by atoms with Gasteiger partial charge in [0.15, 0.2) is 0 Å². The van der Waals surface area contributed by atoms with E-state index in [1.807, 2.05) is 21.0 Å². The van der Waals surface area contributed by atoms with E-state index in [2.05, 4.69) is 29.2 Å². The molecule has 4 heteroatoms. The Balaban J connectivity index is 2.08. The normalized spacial score (nSPS) is 10.3. The zero-order valence-corrected chi connectivity index (χ0v) is 12.2. The quantitative estimate of drug-likeness (QED) is 0.839. The zero-order valence-electron chi connectivity index (χ0n) is 12.2. The minimum atomic E-state index is -0.00191. The lowest BCUT2D eigenvalue weighted by Gasteiger charge is -2.21. The molecule has 0 unspecified atom stereocenters. The molecule has 2 aromatic rings. The SMILES string of the molecule is CCN(Cc1ccc(N(C)C)cc1)C(=O)c1ccoc1. The van der Waals surface area contributed by atoms with E-state index in [-0.39, 0.29) is 5.91 Å². The van der Waals surface area contributed by atoms with Crippen LogP contribution in [0.2, 0.25) is 0 Å². The molecule has 0 saturated heterocycles. The van der Waals surface area contributed by atoms with Crippen LogP contribution in [-0.2, 0) is 6.54 Å². The van der Waals surface area contributed by atoms with Gasteiger partial charge >= 0.3 is 0 Å². The number of hydrogen-bond acceptors (Lipinski definition) is 3. The number of nitrogens with zero attached hydrogens (tertiary/aromatic N) is 2. The van der Waals surface area contributed by atoms with Gasteiger partial charge in [0, 0.05) is 32.9 Å². The summed E-state index contributed by atoms with van der Waals surface area (Å²) in [6.45, 7) is 3.25. The number of carbonyl (C=O) groups excluding carboxylic acids is 1. The molecule has 0 bridgehead atoms. The highest BCUT2D eigenvalue weighted by atomic mass is 16.3. The first-order valence-corrected chi connectivity index (χ1v) is 6.69. The molecule has 0 fully saturated rings. The van der Waals surface area contributed by atoms with Gasteiger partial charge in [0.05, 0.1) is 11.8 Å². The fourth-order valence-corrected chi connectivity index (χ4v) is 2.02. The van der Waals surface area contributed by atoms with Crippen LogP contribution in [0.1, 0.15) is 22.8 Å². The van der Waals surface area contributed by atoms with Crippen molar-refractivity contribution in [2.75, 3.05) is 25.5 Å². The molecule has 2 rings (SSSR count). The van der Waals surface area contributed by atoms with Crippen molar-refractivity contribution in [3.05, 3.63) is 54.0 Å². The second-order valence-corrected chi connectivity index (χ2v) is 4.89. The van der Waals surface area contributed by atoms with Crippen LogP contribution in [-0.4, -0.2) is 31.4 Å². The minimum absolute atomic E-state index is 0.00191. The molecule has 0 spiro atoms. The number of rotatable bonds is 5. The van der Waals surface area contributed by atoms with Crippen molar-refractivity contribution in [3.63, 3.8) is 0 Å². The van der Waals surface area contributed by atoms with E-state index in [0.29, 0.717) is 18.7 Å². The Kier molecular flexibility index (Phi) is 4.45. The molecule has 1 amide bonds. The molecule has 106 valence electrons. The van der Waals surface area contributed by atoms with Crippen LogP contribution in [0.15, 0.2) is 47.3 Å². The zero-order chi connectivity index (χ0) is 14.5. The summed E-state index contributed by atoms with van der Waals surface area (Å²) < 4.78 is 4.97. The highest BCUT2D eigenvalue weighted by molar-refractivity contribution is 5.93. The van der Waals surface area contributed by atoms with Crippen molar-refractivity contribution in [2.24, 2.45) is 0 Å². The molecule has 0 atom stereocenters. The third-order valence-corrected chi connectivity index (χ3v) is 3.26. The van der Waals surface area contributed by atoms with Crippen LogP contribution in [0.3, 0.4) is 0 Å². The first-order chi connectivity index (χ1) is 9.61. The lowest BCUT2D eigenvalue weighted by Crippen LogP contribution is -2.30. The largest absolute Gasteiger partial charge is 0.472 e. The van der Waals surface area contributed by atoms with Gasteiger partial charge in [-0.3, -0.25) is 4.79 Å². The maximum atomic E-state index is 12.3. The summed E-state index contributed by atoms with van der Waals surface area (Å²) in [5.41, 5.74) is 2.86. The van der Waals surface area contributed by atoms with E-state index in [1.165, 1.54) is 12.5 Å². The van der Waals surface area contributed by atoms with Crippen LogP contribution >= 0.6 is 0 Å². The minimum Gasteiger partial charge on any atom is -0.472 e. The van der Waals surface area contributed by atoms with Crippen molar-refractivity contribution in [1.29, 1.82) is 0 Å². The van der Waals surface area contributed by atoms with Gasteiger partial charge in [0.2, 0.25) is 0 Å². The van der Waals surface area contributed by atoms with Gasteiger partial charge < -0.3 is 14.2 Å². The van der Waals surface area contributed by atoms with Crippen LogP contribution in [0.4, 0.5) is 5.69 Å². The van der Waals surface area contributed by atoms with Crippen LogP contribution in [0.25, 0.3) is 0 Å². The van der Waals surface area contributed by atoms with E-state index >= 15 is 0 Å². The van der Waals surface area contributed by atoms with Gasteiger partial charge in [-0.15, -0.1) is 0 Å². The summed E-state index contributed by atoms with van der Waals surface area (Å²) >= 11 is 0. The molecule has 0 aliphatic heterocycles. The number of furan rings is 1. The number of carbonyl (C=O) groups is 1. The fraction of sp³-hybridized carbons (Fsp3) is 0.312. The topological polar surface area (TPSA) is 36.7 Å². The summed E-state index contributed by atoms with van der Waals surface area (Å²) in [5, 5.41) is 0. The van der Waals surface area contributed by atoms with Gasteiger partial charge in [0.25, 0.3) is 5.91 Å². The molecule has 1 heterocycles. The highest BCUT2D eigenvalue weighted by Gasteiger charge is 2.15. The van der Waals surface area contributed by atoms with Gasteiger partial charge in [0.1, 0.15) is 6.26 Å². The number of benzene rings is 1. The maximum absolute atomic E-state index is 12.3. The van der Waals surface area contributed by atoms with Crippen molar-refractivity contribution in [3.8, 4) is 0 Å². The third kappa shape index (κ3) is 3.20.